The highest BCUT2D eigenvalue weighted by Gasteiger charge is 2.15. The summed E-state index contributed by atoms with van der Waals surface area (Å²) in [7, 11) is 1.23. The number of hydrogen-bond acceptors (Lipinski definition) is 6. The van der Waals surface area contributed by atoms with Crippen LogP contribution >= 0.6 is 0 Å². The zero-order valence-electron chi connectivity index (χ0n) is 16.7. The summed E-state index contributed by atoms with van der Waals surface area (Å²) >= 11 is 0. The van der Waals surface area contributed by atoms with Gasteiger partial charge in [-0.3, -0.25) is 0 Å². The molecule has 1 N–H and O–H groups in total. The number of carbonyl (C=O) groups is 1. The number of para-hydroxylation sites is 1. The Morgan fingerprint density at radius 1 is 0.903 bits per heavy atom. The summed E-state index contributed by atoms with van der Waals surface area (Å²) in [5, 5.41) is 12.2. The Kier molecular flexibility index (Phi) is 5.68. The molecule has 0 aliphatic carbocycles. The van der Waals surface area contributed by atoms with E-state index in [0.29, 0.717) is 16.7 Å². The van der Waals surface area contributed by atoms with E-state index >= 15 is 0 Å². The number of nitrogens with one attached hydrogen (secondary N) is 1. The van der Waals surface area contributed by atoms with Crippen molar-refractivity contribution in [2.45, 2.75) is 0 Å². The van der Waals surface area contributed by atoms with Crippen LogP contribution in [0.5, 0.6) is 0 Å². The average Bonchev–Trinajstić information content (AvgIpc) is 2.84. The van der Waals surface area contributed by atoms with E-state index in [1.165, 1.54) is 13.3 Å². The first-order chi connectivity index (χ1) is 15.2. The number of carbonyl (C=O) groups excluding carboxylic acids is 1. The number of methoxy groups -OCH3 is 1. The number of nitriles is 1. The van der Waals surface area contributed by atoms with Gasteiger partial charge in [-0.2, -0.15) is 5.26 Å². The smallest absolute Gasteiger partial charge is 0.350 e. The van der Waals surface area contributed by atoms with Gasteiger partial charge in [-0.1, -0.05) is 66.7 Å². The maximum atomic E-state index is 11.7. The van der Waals surface area contributed by atoms with E-state index in [2.05, 4.69) is 10.1 Å². The molecular formula is C25H18N4O2. The topological polar surface area (TPSA) is 87.9 Å². The minimum Gasteiger partial charge on any atom is -0.465 e. The van der Waals surface area contributed by atoms with Gasteiger partial charge in [0.1, 0.15) is 11.6 Å². The molecule has 4 rings (SSSR count). The zero-order chi connectivity index (χ0) is 21.6. The summed E-state index contributed by atoms with van der Waals surface area (Å²) in [4.78, 5) is 21.5. The molecule has 0 aliphatic rings. The molecule has 150 valence electrons. The molecule has 0 radical (unpaired) electrons. The van der Waals surface area contributed by atoms with E-state index in [1.54, 1.807) is 0 Å². The van der Waals surface area contributed by atoms with Crippen LogP contribution in [0.3, 0.4) is 0 Å². The second-order valence-electron chi connectivity index (χ2n) is 6.63. The Labute approximate surface area is 179 Å². The van der Waals surface area contributed by atoms with Gasteiger partial charge in [-0.15, -0.1) is 0 Å². The molecule has 0 unspecified atom stereocenters. The molecule has 6 nitrogen and oxygen atoms in total. The number of aromatic nitrogens is 2. The van der Waals surface area contributed by atoms with Crippen LogP contribution < -0.4 is 5.32 Å². The molecule has 31 heavy (non-hydrogen) atoms. The molecule has 6 heteroatoms. The summed E-state index contributed by atoms with van der Waals surface area (Å²) < 4.78 is 4.62. The summed E-state index contributed by atoms with van der Waals surface area (Å²) in [6.07, 6.45) is 1.32. The van der Waals surface area contributed by atoms with Gasteiger partial charge < -0.3 is 10.1 Å². The highest BCUT2D eigenvalue weighted by atomic mass is 16.5. The van der Waals surface area contributed by atoms with E-state index < -0.39 is 5.97 Å². The lowest BCUT2D eigenvalue weighted by atomic mass is 10.0. The molecule has 0 saturated heterocycles. The number of benzene rings is 3. The predicted octanol–water partition coefficient (Wildman–Crippen LogP) is 4.96. The van der Waals surface area contributed by atoms with Crippen molar-refractivity contribution in [2.75, 3.05) is 12.4 Å². The van der Waals surface area contributed by atoms with Gasteiger partial charge in [0.25, 0.3) is 0 Å². The van der Waals surface area contributed by atoms with Crippen LogP contribution in [0.15, 0.2) is 90.6 Å². The van der Waals surface area contributed by atoms with Crippen molar-refractivity contribution < 1.29 is 9.53 Å². The summed E-state index contributed by atoms with van der Waals surface area (Å²) in [6.45, 7) is 0. The second-order valence-corrected chi connectivity index (χ2v) is 6.63. The Morgan fingerprint density at radius 2 is 1.52 bits per heavy atom. The number of anilines is 1. The van der Waals surface area contributed by atoms with Crippen molar-refractivity contribution in [3.8, 4) is 28.6 Å². The minimum atomic E-state index is -0.711. The third-order valence-corrected chi connectivity index (χ3v) is 4.69. The van der Waals surface area contributed by atoms with Crippen molar-refractivity contribution >= 4 is 22.7 Å². The fourth-order valence-electron chi connectivity index (χ4n) is 3.18. The van der Waals surface area contributed by atoms with Crippen molar-refractivity contribution in [1.29, 1.82) is 5.26 Å². The Morgan fingerprint density at radius 3 is 2.10 bits per heavy atom. The number of rotatable bonds is 5. The Hall–Kier alpha value is -4.50. The van der Waals surface area contributed by atoms with Crippen molar-refractivity contribution in [3.63, 3.8) is 0 Å². The molecule has 0 bridgehead atoms. The average molecular weight is 406 g/mol. The number of esters is 1. The summed E-state index contributed by atoms with van der Waals surface area (Å²) in [5.74, 6) is -0.711. The molecule has 1 heterocycles. The van der Waals surface area contributed by atoms with Gasteiger partial charge >= 0.3 is 5.97 Å². The monoisotopic (exact) mass is 406 g/mol. The maximum Gasteiger partial charge on any atom is 0.350 e. The summed E-state index contributed by atoms with van der Waals surface area (Å²) in [5.41, 5.74) is 5.22. The molecule has 0 spiro atoms. The Balaban J connectivity index is 1.90. The SMILES string of the molecule is COC(=O)/C(C#N)=C\Nc1cccc2nc(-c3ccccc3)c(-c3ccccc3)nc12. The van der Waals surface area contributed by atoms with E-state index in [4.69, 9.17) is 9.97 Å². The first kappa shape index (κ1) is 19.8. The normalized spacial score (nSPS) is 11.0. The minimum absolute atomic E-state index is 0.142. The molecule has 0 fully saturated rings. The molecule has 0 aliphatic heterocycles. The van der Waals surface area contributed by atoms with Gasteiger partial charge in [0, 0.05) is 17.3 Å². The van der Waals surface area contributed by atoms with E-state index in [1.807, 2.05) is 84.9 Å². The number of hydrogen-bond donors (Lipinski definition) is 1. The quantitative estimate of drug-likeness (QED) is 0.286. The number of ether oxygens (including phenoxy) is 1. The summed E-state index contributed by atoms with van der Waals surface area (Å²) in [6, 6.07) is 27.1. The number of fused-ring (bicyclic) bond motifs is 1. The maximum absolute atomic E-state index is 11.7. The van der Waals surface area contributed by atoms with Crippen LogP contribution in [0.2, 0.25) is 0 Å². The van der Waals surface area contributed by atoms with Crippen LogP contribution in [0.1, 0.15) is 0 Å². The highest BCUT2D eigenvalue weighted by molar-refractivity contribution is 5.95. The lowest BCUT2D eigenvalue weighted by Crippen LogP contribution is -2.05. The zero-order valence-corrected chi connectivity index (χ0v) is 16.7. The van der Waals surface area contributed by atoms with Gasteiger partial charge in [0.15, 0.2) is 5.57 Å². The largest absolute Gasteiger partial charge is 0.465 e. The first-order valence-corrected chi connectivity index (χ1v) is 9.58. The molecular weight excluding hydrogens is 388 g/mol. The van der Waals surface area contributed by atoms with Crippen LogP contribution in [-0.4, -0.2) is 23.0 Å². The number of nitrogens with zero attached hydrogens (tertiary/aromatic N) is 3. The van der Waals surface area contributed by atoms with Crippen LogP contribution in [0, 0.1) is 11.3 Å². The molecule has 3 aromatic carbocycles. The van der Waals surface area contributed by atoms with Crippen molar-refractivity contribution in [1.82, 2.24) is 9.97 Å². The van der Waals surface area contributed by atoms with Gasteiger partial charge in [-0.05, 0) is 12.1 Å². The Bertz CT molecular complexity index is 1310. The second kappa shape index (κ2) is 8.89. The van der Waals surface area contributed by atoms with Crippen LogP contribution in [-0.2, 0) is 9.53 Å². The van der Waals surface area contributed by atoms with Crippen molar-refractivity contribution in [2.24, 2.45) is 0 Å². The first-order valence-electron chi connectivity index (χ1n) is 9.58. The van der Waals surface area contributed by atoms with Crippen molar-refractivity contribution in [3.05, 3.63) is 90.6 Å². The van der Waals surface area contributed by atoms with E-state index in [9.17, 15) is 10.1 Å². The fourth-order valence-corrected chi connectivity index (χ4v) is 3.18. The molecule has 1 aromatic heterocycles. The van der Waals surface area contributed by atoms with Gasteiger partial charge in [0.05, 0.1) is 29.7 Å². The van der Waals surface area contributed by atoms with Gasteiger partial charge in [0.2, 0.25) is 0 Å². The van der Waals surface area contributed by atoms with Crippen LogP contribution in [0.4, 0.5) is 5.69 Å². The highest BCUT2D eigenvalue weighted by Crippen LogP contribution is 2.32. The third-order valence-electron chi connectivity index (χ3n) is 4.69. The lowest BCUT2D eigenvalue weighted by Gasteiger charge is -2.13. The van der Waals surface area contributed by atoms with Gasteiger partial charge in [-0.25, -0.2) is 14.8 Å². The van der Waals surface area contributed by atoms with Crippen LogP contribution in [0.25, 0.3) is 33.5 Å². The lowest BCUT2D eigenvalue weighted by molar-refractivity contribution is -0.135. The molecule has 4 aromatic rings. The van der Waals surface area contributed by atoms with E-state index in [-0.39, 0.29) is 5.57 Å². The van der Waals surface area contributed by atoms with E-state index in [0.717, 1.165) is 22.5 Å². The molecule has 0 amide bonds. The fraction of sp³-hybridized carbons (Fsp3) is 0.0400. The molecule has 0 atom stereocenters. The molecule has 0 saturated carbocycles. The predicted molar refractivity (Wildman–Crippen MR) is 120 cm³/mol. The third kappa shape index (κ3) is 4.11. The standard InChI is InChI=1S/C25H18N4O2/c1-31-25(30)19(15-26)16-27-20-13-8-14-21-24(20)29-23(18-11-6-3-7-12-18)22(28-21)17-9-4-2-5-10-17/h2-14,16,27H,1H3/b19-16-.